The highest BCUT2D eigenvalue weighted by atomic mass is 32.2. The average Bonchev–Trinajstić information content (AvgIpc) is 2.93. The molecule has 28 heavy (non-hydrogen) atoms. The molecule has 0 aliphatic carbocycles. The quantitative estimate of drug-likeness (QED) is 0.678. The summed E-state index contributed by atoms with van der Waals surface area (Å²) in [6.45, 7) is 5.92. The summed E-state index contributed by atoms with van der Waals surface area (Å²) in [5, 5.41) is 0. The van der Waals surface area contributed by atoms with Gasteiger partial charge in [-0.15, -0.1) is 11.8 Å². The lowest BCUT2D eigenvalue weighted by molar-refractivity contribution is -0.119. The molecule has 0 saturated carbocycles. The number of amides is 2. The average molecular weight is 397 g/mol. The minimum absolute atomic E-state index is 0.287. The van der Waals surface area contributed by atoms with E-state index in [0.29, 0.717) is 39.0 Å². The van der Waals surface area contributed by atoms with Crippen LogP contribution in [0.2, 0.25) is 0 Å². The Morgan fingerprint density at radius 3 is 2.21 bits per heavy atom. The summed E-state index contributed by atoms with van der Waals surface area (Å²) in [7, 11) is 3.10. The van der Waals surface area contributed by atoms with E-state index in [-0.39, 0.29) is 11.8 Å². The van der Waals surface area contributed by atoms with E-state index in [4.69, 9.17) is 9.47 Å². The molecule has 6 heteroatoms. The summed E-state index contributed by atoms with van der Waals surface area (Å²) in [6.07, 6.45) is 0. The fourth-order valence-corrected chi connectivity index (χ4v) is 3.99. The number of carbonyl (C=O) groups is 2. The Kier molecular flexibility index (Phi) is 5.79. The van der Waals surface area contributed by atoms with Gasteiger partial charge in [0.05, 0.1) is 30.4 Å². The van der Waals surface area contributed by atoms with Gasteiger partial charge in [-0.05, 0) is 60.6 Å². The van der Waals surface area contributed by atoms with Gasteiger partial charge < -0.3 is 9.47 Å². The topological polar surface area (TPSA) is 55.8 Å². The van der Waals surface area contributed by atoms with E-state index in [0.717, 1.165) is 11.1 Å². The maximum Gasteiger partial charge on any atom is 0.272 e. The fourth-order valence-electron chi connectivity index (χ4n) is 3.13. The number of ether oxygens (including phenoxy) is 2. The third kappa shape index (κ3) is 3.40. The smallest absolute Gasteiger partial charge is 0.272 e. The monoisotopic (exact) mass is 397 g/mol. The molecule has 146 valence electrons. The van der Waals surface area contributed by atoms with Crippen LogP contribution in [0.4, 0.5) is 5.69 Å². The number of benzene rings is 2. The Morgan fingerprint density at radius 1 is 0.893 bits per heavy atom. The zero-order valence-electron chi connectivity index (χ0n) is 16.7. The standard InChI is InChI=1S/C22H23NO4S/c1-6-28-20-19(15-8-10-17(26-4)18(12-15)27-5)21(24)23(22(20)25)16-9-7-13(2)14(3)11-16/h7-12H,6H2,1-5H3. The van der Waals surface area contributed by atoms with Crippen LogP contribution in [0.3, 0.4) is 0 Å². The molecule has 0 bridgehead atoms. The normalized spacial score (nSPS) is 14.1. The largest absolute Gasteiger partial charge is 0.493 e. The summed E-state index contributed by atoms with van der Waals surface area (Å²) in [5.41, 5.74) is 3.76. The molecule has 0 aromatic heterocycles. The SMILES string of the molecule is CCSC1=C(c2ccc(OC)c(OC)c2)C(=O)N(c2ccc(C)c(C)c2)C1=O. The maximum absolute atomic E-state index is 13.3. The molecule has 2 aromatic rings. The highest BCUT2D eigenvalue weighted by Crippen LogP contribution is 2.40. The van der Waals surface area contributed by atoms with Crippen LogP contribution in [0.25, 0.3) is 5.57 Å². The molecule has 0 fully saturated rings. The molecule has 0 radical (unpaired) electrons. The van der Waals surface area contributed by atoms with Gasteiger partial charge in [0.15, 0.2) is 11.5 Å². The Bertz CT molecular complexity index is 980. The molecule has 0 N–H and O–H groups in total. The van der Waals surface area contributed by atoms with E-state index < -0.39 is 0 Å². The van der Waals surface area contributed by atoms with Crippen LogP contribution < -0.4 is 14.4 Å². The van der Waals surface area contributed by atoms with Crippen LogP contribution in [-0.2, 0) is 9.59 Å². The first-order valence-corrected chi connectivity index (χ1v) is 9.97. The molecule has 2 amide bonds. The van der Waals surface area contributed by atoms with Gasteiger partial charge in [0.2, 0.25) is 0 Å². The Morgan fingerprint density at radius 2 is 1.61 bits per heavy atom. The van der Waals surface area contributed by atoms with E-state index in [2.05, 4.69) is 0 Å². The molecule has 1 heterocycles. The van der Waals surface area contributed by atoms with Crippen LogP contribution in [0.5, 0.6) is 11.5 Å². The van der Waals surface area contributed by atoms with Crippen LogP contribution in [0, 0.1) is 13.8 Å². The van der Waals surface area contributed by atoms with Gasteiger partial charge in [-0.2, -0.15) is 0 Å². The molecule has 5 nitrogen and oxygen atoms in total. The van der Waals surface area contributed by atoms with Gasteiger partial charge in [-0.3, -0.25) is 9.59 Å². The first kappa shape index (κ1) is 20.0. The van der Waals surface area contributed by atoms with Crippen molar-refractivity contribution in [2.75, 3.05) is 24.9 Å². The number of imide groups is 1. The molecule has 0 unspecified atom stereocenters. The molecule has 0 spiro atoms. The van der Waals surface area contributed by atoms with Crippen molar-refractivity contribution in [2.24, 2.45) is 0 Å². The van der Waals surface area contributed by atoms with Crippen molar-refractivity contribution in [3.8, 4) is 11.5 Å². The van der Waals surface area contributed by atoms with Crippen LogP contribution in [0.1, 0.15) is 23.6 Å². The maximum atomic E-state index is 13.3. The number of nitrogens with zero attached hydrogens (tertiary/aromatic N) is 1. The van der Waals surface area contributed by atoms with E-state index >= 15 is 0 Å². The lowest BCUT2D eigenvalue weighted by atomic mass is 10.1. The summed E-state index contributed by atoms with van der Waals surface area (Å²) < 4.78 is 10.7. The third-order valence-corrected chi connectivity index (χ3v) is 5.71. The summed E-state index contributed by atoms with van der Waals surface area (Å²) in [4.78, 5) is 28.2. The first-order chi connectivity index (χ1) is 13.4. The molecule has 1 aliphatic heterocycles. The van der Waals surface area contributed by atoms with Crippen molar-refractivity contribution >= 4 is 34.8 Å². The summed E-state index contributed by atoms with van der Waals surface area (Å²) in [5.74, 6) is 1.16. The minimum atomic E-state index is -0.323. The van der Waals surface area contributed by atoms with Crippen LogP contribution in [0.15, 0.2) is 41.3 Å². The van der Waals surface area contributed by atoms with Crippen molar-refractivity contribution < 1.29 is 19.1 Å². The fraction of sp³-hybridized carbons (Fsp3) is 0.273. The number of methoxy groups -OCH3 is 2. The lowest BCUT2D eigenvalue weighted by Crippen LogP contribution is -2.31. The van der Waals surface area contributed by atoms with Gasteiger partial charge in [-0.1, -0.05) is 19.1 Å². The second kappa shape index (κ2) is 8.10. The van der Waals surface area contributed by atoms with Crippen molar-refractivity contribution in [1.82, 2.24) is 0 Å². The van der Waals surface area contributed by atoms with Gasteiger partial charge in [0, 0.05) is 0 Å². The van der Waals surface area contributed by atoms with Crippen molar-refractivity contribution in [1.29, 1.82) is 0 Å². The van der Waals surface area contributed by atoms with E-state index in [1.807, 2.05) is 39.0 Å². The predicted molar refractivity (Wildman–Crippen MR) is 113 cm³/mol. The molecule has 2 aromatic carbocycles. The Hall–Kier alpha value is -2.73. The summed E-state index contributed by atoms with van der Waals surface area (Å²) >= 11 is 1.38. The van der Waals surface area contributed by atoms with Crippen LogP contribution >= 0.6 is 11.8 Å². The highest BCUT2D eigenvalue weighted by molar-refractivity contribution is 8.04. The van der Waals surface area contributed by atoms with Gasteiger partial charge in [-0.25, -0.2) is 4.90 Å². The number of carbonyl (C=O) groups excluding carboxylic acids is 2. The van der Waals surface area contributed by atoms with Crippen molar-refractivity contribution in [3.05, 3.63) is 58.0 Å². The molecule has 3 rings (SSSR count). The number of thioether (sulfide) groups is 1. The van der Waals surface area contributed by atoms with Gasteiger partial charge in [0.25, 0.3) is 11.8 Å². The van der Waals surface area contributed by atoms with Gasteiger partial charge >= 0.3 is 0 Å². The number of hydrogen-bond donors (Lipinski definition) is 0. The van der Waals surface area contributed by atoms with E-state index in [1.165, 1.54) is 16.7 Å². The number of aryl methyl sites for hydroxylation is 2. The van der Waals surface area contributed by atoms with Crippen LogP contribution in [-0.4, -0.2) is 31.8 Å². The predicted octanol–water partition coefficient (Wildman–Crippen LogP) is 4.36. The molecule has 0 saturated heterocycles. The Labute approximate surface area is 169 Å². The molecular formula is C22H23NO4S. The number of hydrogen-bond acceptors (Lipinski definition) is 5. The van der Waals surface area contributed by atoms with Gasteiger partial charge in [0.1, 0.15) is 0 Å². The van der Waals surface area contributed by atoms with E-state index in [9.17, 15) is 9.59 Å². The number of rotatable bonds is 6. The second-order valence-corrected chi connectivity index (χ2v) is 7.70. The lowest BCUT2D eigenvalue weighted by Gasteiger charge is -2.17. The zero-order chi connectivity index (χ0) is 20.4. The second-order valence-electron chi connectivity index (χ2n) is 6.42. The molecule has 0 atom stereocenters. The third-order valence-electron chi connectivity index (χ3n) is 4.75. The number of anilines is 1. The Balaban J connectivity index is 2.11. The first-order valence-electron chi connectivity index (χ1n) is 8.98. The van der Waals surface area contributed by atoms with E-state index in [1.54, 1.807) is 32.4 Å². The highest BCUT2D eigenvalue weighted by Gasteiger charge is 2.40. The zero-order valence-corrected chi connectivity index (χ0v) is 17.5. The summed E-state index contributed by atoms with van der Waals surface area (Å²) in [6, 6.07) is 10.9. The molecular weight excluding hydrogens is 374 g/mol. The molecule has 1 aliphatic rings. The van der Waals surface area contributed by atoms with Crippen molar-refractivity contribution in [2.45, 2.75) is 20.8 Å². The van der Waals surface area contributed by atoms with Crippen molar-refractivity contribution in [3.63, 3.8) is 0 Å². The minimum Gasteiger partial charge on any atom is -0.493 e.